The van der Waals surface area contributed by atoms with Crippen molar-refractivity contribution in [3.8, 4) is 0 Å². The van der Waals surface area contributed by atoms with E-state index in [2.05, 4.69) is 18.8 Å². The van der Waals surface area contributed by atoms with E-state index < -0.39 is 0 Å². The minimum absolute atomic E-state index is 0.0578. The van der Waals surface area contributed by atoms with Gasteiger partial charge in [-0.3, -0.25) is 4.79 Å². The van der Waals surface area contributed by atoms with E-state index in [0.717, 1.165) is 44.5 Å². The van der Waals surface area contributed by atoms with Gasteiger partial charge in [0.15, 0.2) is 0 Å². The lowest BCUT2D eigenvalue weighted by Crippen LogP contribution is -2.32. The van der Waals surface area contributed by atoms with Crippen LogP contribution in [-0.2, 0) is 6.42 Å². The van der Waals surface area contributed by atoms with Crippen molar-refractivity contribution in [2.45, 2.75) is 46.5 Å². The summed E-state index contributed by atoms with van der Waals surface area (Å²) in [6, 6.07) is 3.55. The van der Waals surface area contributed by atoms with Crippen LogP contribution in [0.4, 0.5) is 5.82 Å². The van der Waals surface area contributed by atoms with Gasteiger partial charge in [-0.15, -0.1) is 0 Å². The number of nitrogens with two attached hydrogens (primary N) is 1. The molecule has 0 unspecified atom stereocenters. The topological polar surface area (TPSA) is 59.2 Å². The molecule has 1 aromatic heterocycles. The number of hydrogen-bond acceptors (Lipinski definition) is 3. The molecule has 0 atom stereocenters. The van der Waals surface area contributed by atoms with Gasteiger partial charge in [-0.2, -0.15) is 0 Å². The van der Waals surface area contributed by atoms with E-state index in [9.17, 15) is 4.79 Å². The molecule has 0 aromatic carbocycles. The standard InChI is InChI=1S/C15H25N3O/c1-4-7-9-18(6-3)15(19)12-10-13(8-5-2)17-14(16)11-12/h10-11H,4-9H2,1-3H3,(H2,16,17). The number of rotatable bonds is 7. The minimum Gasteiger partial charge on any atom is -0.384 e. The zero-order valence-corrected chi connectivity index (χ0v) is 12.3. The lowest BCUT2D eigenvalue weighted by molar-refractivity contribution is 0.0762. The lowest BCUT2D eigenvalue weighted by Gasteiger charge is -2.21. The number of nitrogens with zero attached hydrogens (tertiary/aromatic N) is 2. The number of pyridine rings is 1. The number of aryl methyl sites for hydroxylation is 1. The number of hydrogen-bond donors (Lipinski definition) is 1. The highest BCUT2D eigenvalue weighted by Crippen LogP contribution is 2.12. The van der Waals surface area contributed by atoms with Crippen molar-refractivity contribution in [2.24, 2.45) is 0 Å². The van der Waals surface area contributed by atoms with Crippen LogP contribution in [0, 0.1) is 0 Å². The fourth-order valence-corrected chi connectivity index (χ4v) is 2.05. The van der Waals surface area contributed by atoms with E-state index in [0.29, 0.717) is 11.4 Å². The van der Waals surface area contributed by atoms with Crippen molar-refractivity contribution in [1.29, 1.82) is 0 Å². The summed E-state index contributed by atoms with van der Waals surface area (Å²) in [7, 11) is 0. The first kappa shape index (κ1) is 15.5. The van der Waals surface area contributed by atoms with Crippen LogP contribution in [0.5, 0.6) is 0 Å². The number of amides is 1. The summed E-state index contributed by atoms with van der Waals surface area (Å²) >= 11 is 0. The summed E-state index contributed by atoms with van der Waals surface area (Å²) in [5, 5.41) is 0. The number of carbonyl (C=O) groups is 1. The summed E-state index contributed by atoms with van der Waals surface area (Å²) < 4.78 is 0. The molecule has 106 valence electrons. The van der Waals surface area contributed by atoms with Gasteiger partial charge in [0.25, 0.3) is 5.91 Å². The summed E-state index contributed by atoms with van der Waals surface area (Å²) in [5.74, 6) is 0.489. The molecular weight excluding hydrogens is 238 g/mol. The third-order valence-electron chi connectivity index (χ3n) is 3.10. The van der Waals surface area contributed by atoms with E-state index in [-0.39, 0.29) is 5.91 Å². The Morgan fingerprint density at radius 2 is 2.00 bits per heavy atom. The molecule has 2 N–H and O–H groups in total. The first-order chi connectivity index (χ1) is 9.12. The molecule has 4 heteroatoms. The third-order valence-corrected chi connectivity index (χ3v) is 3.10. The molecule has 0 fully saturated rings. The molecule has 1 rings (SSSR count). The largest absolute Gasteiger partial charge is 0.384 e. The fraction of sp³-hybridized carbons (Fsp3) is 0.600. The Kier molecular flexibility index (Phi) is 6.33. The van der Waals surface area contributed by atoms with Crippen LogP contribution < -0.4 is 5.73 Å². The summed E-state index contributed by atoms with van der Waals surface area (Å²) in [5.41, 5.74) is 7.35. The van der Waals surface area contributed by atoms with Crippen LogP contribution in [0.3, 0.4) is 0 Å². The summed E-state index contributed by atoms with van der Waals surface area (Å²) in [4.78, 5) is 18.6. The maximum Gasteiger partial charge on any atom is 0.254 e. The first-order valence-corrected chi connectivity index (χ1v) is 7.18. The van der Waals surface area contributed by atoms with Crippen molar-refractivity contribution < 1.29 is 4.79 Å². The van der Waals surface area contributed by atoms with Gasteiger partial charge in [-0.05, 0) is 31.9 Å². The van der Waals surface area contributed by atoms with Crippen molar-refractivity contribution >= 4 is 11.7 Å². The van der Waals surface area contributed by atoms with Gasteiger partial charge >= 0.3 is 0 Å². The van der Waals surface area contributed by atoms with Crippen LogP contribution in [0.1, 0.15) is 56.1 Å². The van der Waals surface area contributed by atoms with Crippen LogP contribution >= 0.6 is 0 Å². The Hall–Kier alpha value is -1.58. The number of carbonyl (C=O) groups excluding carboxylic acids is 1. The molecule has 0 aliphatic carbocycles. The predicted molar refractivity (Wildman–Crippen MR) is 79.1 cm³/mol. The van der Waals surface area contributed by atoms with Crippen molar-refractivity contribution in [3.05, 3.63) is 23.4 Å². The minimum atomic E-state index is 0.0578. The molecule has 1 heterocycles. The highest BCUT2D eigenvalue weighted by Gasteiger charge is 2.15. The molecule has 1 amide bonds. The fourth-order valence-electron chi connectivity index (χ4n) is 2.05. The van der Waals surface area contributed by atoms with E-state index in [1.165, 1.54) is 0 Å². The molecular formula is C15H25N3O. The molecule has 0 radical (unpaired) electrons. The Labute approximate surface area is 116 Å². The monoisotopic (exact) mass is 263 g/mol. The van der Waals surface area contributed by atoms with Gasteiger partial charge in [-0.1, -0.05) is 26.7 Å². The number of anilines is 1. The normalized spacial score (nSPS) is 10.5. The third kappa shape index (κ3) is 4.54. The molecule has 4 nitrogen and oxygen atoms in total. The van der Waals surface area contributed by atoms with E-state index in [1.807, 2.05) is 17.9 Å². The molecule has 1 aromatic rings. The van der Waals surface area contributed by atoms with Crippen molar-refractivity contribution in [1.82, 2.24) is 9.88 Å². The van der Waals surface area contributed by atoms with E-state index >= 15 is 0 Å². The molecule has 19 heavy (non-hydrogen) atoms. The zero-order valence-electron chi connectivity index (χ0n) is 12.3. The van der Waals surface area contributed by atoms with Crippen molar-refractivity contribution in [2.75, 3.05) is 18.8 Å². The Morgan fingerprint density at radius 3 is 2.58 bits per heavy atom. The van der Waals surface area contributed by atoms with Crippen LogP contribution in [-0.4, -0.2) is 28.9 Å². The highest BCUT2D eigenvalue weighted by atomic mass is 16.2. The highest BCUT2D eigenvalue weighted by molar-refractivity contribution is 5.95. The van der Waals surface area contributed by atoms with Gasteiger partial charge in [-0.25, -0.2) is 4.98 Å². The molecule has 0 spiro atoms. The second-order valence-electron chi connectivity index (χ2n) is 4.76. The average Bonchev–Trinajstić information content (AvgIpc) is 2.39. The number of nitrogen functional groups attached to an aromatic ring is 1. The van der Waals surface area contributed by atoms with Crippen LogP contribution in [0.25, 0.3) is 0 Å². The summed E-state index contributed by atoms with van der Waals surface area (Å²) in [6.07, 6.45) is 3.97. The Morgan fingerprint density at radius 1 is 1.26 bits per heavy atom. The number of aromatic nitrogens is 1. The van der Waals surface area contributed by atoms with E-state index in [4.69, 9.17) is 5.73 Å². The molecule has 0 aliphatic rings. The van der Waals surface area contributed by atoms with Crippen LogP contribution in [0.2, 0.25) is 0 Å². The van der Waals surface area contributed by atoms with Gasteiger partial charge in [0.1, 0.15) is 5.82 Å². The predicted octanol–water partition coefficient (Wildman–Crippen LogP) is 2.88. The van der Waals surface area contributed by atoms with Gasteiger partial charge in [0.2, 0.25) is 0 Å². The quantitative estimate of drug-likeness (QED) is 0.823. The van der Waals surface area contributed by atoms with Gasteiger partial charge in [0, 0.05) is 24.3 Å². The maximum atomic E-state index is 12.4. The van der Waals surface area contributed by atoms with Crippen LogP contribution in [0.15, 0.2) is 12.1 Å². The molecule has 0 bridgehead atoms. The average molecular weight is 263 g/mol. The van der Waals surface area contributed by atoms with E-state index in [1.54, 1.807) is 6.07 Å². The lowest BCUT2D eigenvalue weighted by atomic mass is 10.1. The first-order valence-electron chi connectivity index (χ1n) is 7.18. The second kappa shape index (κ2) is 7.77. The Bertz CT molecular complexity index is 418. The second-order valence-corrected chi connectivity index (χ2v) is 4.76. The molecule has 0 saturated carbocycles. The van der Waals surface area contributed by atoms with Gasteiger partial charge < -0.3 is 10.6 Å². The zero-order chi connectivity index (χ0) is 14.3. The summed E-state index contributed by atoms with van der Waals surface area (Å²) in [6.45, 7) is 7.75. The maximum absolute atomic E-state index is 12.4. The Balaban J connectivity index is 2.90. The molecule has 0 saturated heterocycles. The number of unbranched alkanes of at least 4 members (excludes halogenated alkanes) is 1. The van der Waals surface area contributed by atoms with Gasteiger partial charge in [0.05, 0.1) is 0 Å². The molecule has 0 aliphatic heterocycles. The SMILES string of the molecule is CCCCN(CC)C(=O)c1cc(N)nc(CCC)c1. The smallest absolute Gasteiger partial charge is 0.254 e. The van der Waals surface area contributed by atoms with Crippen molar-refractivity contribution in [3.63, 3.8) is 0 Å².